The highest BCUT2D eigenvalue weighted by Gasteiger charge is 2.37. The maximum Gasteiger partial charge on any atom is 0.260 e. The van der Waals surface area contributed by atoms with Gasteiger partial charge in [-0.3, -0.25) is 9.59 Å². The van der Waals surface area contributed by atoms with Gasteiger partial charge in [0.2, 0.25) is 6.79 Å². The molecule has 0 atom stereocenters. The van der Waals surface area contributed by atoms with Gasteiger partial charge in [0.25, 0.3) is 11.4 Å². The molecule has 1 aliphatic heterocycles. The van der Waals surface area contributed by atoms with Crippen molar-refractivity contribution >= 4 is 16.6 Å². The first-order chi connectivity index (χ1) is 15.9. The number of ether oxygens (including phenoxy) is 4. The third-order valence-corrected chi connectivity index (χ3v) is 5.95. The molecular formula is C24H25N3O6. The molecule has 0 saturated heterocycles. The standard InChI is InChI=1S/C24H25N3O6/c1-12(2)25-6-5-7-27-21-19(13-8-16(30-3)17(31-4)9-14(13)24(27)29)22(28)15-10-18-23(26-20(15)21)33-11-32-18/h8-10,12,25H,5-7,11H2,1-4H3. The monoisotopic (exact) mass is 451 g/mol. The maximum absolute atomic E-state index is 13.7. The highest BCUT2D eigenvalue weighted by atomic mass is 16.7. The predicted molar refractivity (Wildman–Crippen MR) is 122 cm³/mol. The molecular weight excluding hydrogens is 426 g/mol. The Morgan fingerprint density at radius 2 is 1.82 bits per heavy atom. The summed E-state index contributed by atoms with van der Waals surface area (Å²) < 4.78 is 23.4. The van der Waals surface area contributed by atoms with E-state index in [1.807, 2.05) is 0 Å². The third-order valence-electron chi connectivity index (χ3n) is 5.95. The molecule has 3 heterocycles. The first-order valence-electron chi connectivity index (χ1n) is 10.9. The molecule has 9 nitrogen and oxygen atoms in total. The van der Waals surface area contributed by atoms with Crippen molar-refractivity contribution < 1.29 is 23.7 Å². The van der Waals surface area contributed by atoms with Crippen LogP contribution in [0.15, 0.2) is 23.0 Å². The fraction of sp³-hybridized carbons (Fsp3) is 0.375. The Morgan fingerprint density at radius 1 is 1.09 bits per heavy atom. The number of carbonyl (C=O) groups is 1. The van der Waals surface area contributed by atoms with Crippen molar-refractivity contribution in [3.63, 3.8) is 0 Å². The van der Waals surface area contributed by atoms with Crippen molar-refractivity contribution in [2.24, 2.45) is 0 Å². The van der Waals surface area contributed by atoms with Crippen LogP contribution >= 0.6 is 0 Å². The third kappa shape index (κ3) is 3.31. The number of rotatable bonds is 7. The molecule has 5 rings (SSSR count). The van der Waals surface area contributed by atoms with Crippen LogP contribution < -0.4 is 29.8 Å². The summed E-state index contributed by atoms with van der Waals surface area (Å²) >= 11 is 0. The summed E-state index contributed by atoms with van der Waals surface area (Å²) in [7, 11) is 3.03. The lowest BCUT2D eigenvalue weighted by Gasteiger charge is -2.17. The van der Waals surface area contributed by atoms with Crippen LogP contribution in [-0.2, 0) is 6.54 Å². The Labute approximate surface area is 190 Å². The van der Waals surface area contributed by atoms with E-state index in [0.29, 0.717) is 75.4 Å². The first kappa shape index (κ1) is 21.3. The lowest BCUT2D eigenvalue weighted by atomic mass is 10.0. The number of aromatic nitrogens is 2. The van der Waals surface area contributed by atoms with Crippen molar-refractivity contribution in [2.45, 2.75) is 32.9 Å². The Bertz CT molecular complexity index is 1340. The molecule has 2 aromatic heterocycles. The number of benzene rings is 1. The Balaban J connectivity index is 1.76. The smallest absolute Gasteiger partial charge is 0.260 e. The van der Waals surface area contributed by atoms with Crippen LogP contribution in [0.4, 0.5) is 0 Å². The number of hydrogen-bond donors (Lipinski definition) is 1. The minimum Gasteiger partial charge on any atom is -0.493 e. The number of ketones is 1. The number of nitrogens with zero attached hydrogens (tertiary/aromatic N) is 2. The second kappa shape index (κ2) is 8.08. The normalized spacial score (nSPS) is 13.5. The second-order valence-corrected chi connectivity index (χ2v) is 8.32. The van der Waals surface area contributed by atoms with E-state index in [1.165, 1.54) is 14.2 Å². The van der Waals surface area contributed by atoms with E-state index in [4.69, 9.17) is 18.9 Å². The maximum atomic E-state index is 13.7. The zero-order chi connectivity index (χ0) is 23.3. The van der Waals surface area contributed by atoms with Crippen LogP contribution in [0.25, 0.3) is 22.2 Å². The number of hydrogen-bond acceptors (Lipinski definition) is 8. The molecule has 0 spiro atoms. The van der Waals surface area contributed by atoms with Gasteiger partial charge in [0.05, 0.1) is 36.4 Å². The average molecular weight is 451 g/mol. The van der Waals surface area contributed by atoms with Gasteiger partial charge < -0.3 is 28.8 Å². The van der Waals surface area contributed by atoms with Crippen LogP contribution in [0.5, 0.6) is 23.1 Å². The van der Waals surface area contributed by atoms with Crippen molar-refractivity contribution in [1.29, 1.82) is 0 Å². The Kier molecular flexibility index (Phi) is 5.20. The van der Waals surface area contributed by atoms with E-state index < -0.39 is 0 Å². The molecule has 0 bridgehead atoms. The number of nitrogens with one attached hydrogen (secondary N) is 1. The van der Waals surface area contributed by atoms with Crippen LogP contribution in [0.2, 0.25) is 0 Å². The van der Waals surface area contributed by atoms with Crippen molar-refractivity contribution in [3.05, 3.63) is 39.7 Å². The molecule has 172 valence electrons. The molecule has 0 fully saturated rings. The quantitative estimate of drug-likeness (QED) is 0.428. The van der Waals surface area contributed by atoms with Gasteiger partial charge in [0.15, 0.2) is 23.0 Å². The summed E-state index contributed by atoms with van der Waals surface area (Å²) in [6, 6.07) is 5.30. The van der Waals surface area contributed by atoms with Crippen molar-refractivity contribution in [1.82, 2.24) is 14.9 Å². The van der Waals surface area contributed by atoms with Gasteiger partial charge in [0, 0.05) is 18.0 Å². The molecule has 1 N–H and O–H groups in total. The van der Waals surface area contributed by atoms with E-state index in [-0.39, 0.29) is 18.1 Å². The van der Waals surface area contributed by atoms with Gasteiger partial charge in [-0.2, -0.15) is 0 Å². The molecule has 0 saturated carbocycles. The average Bonchev–Trinajstić information content (AvgIpc) is 3.38. The van der Waals surface area contributed by atoms with Crippen LogP contribution in [0.1, 0.15) is 36.2 Å². The first-order valence-corrected chi connectivity index (χ1v) is 10.9. The topological polar surface area (TPSA) is 101 Å². The van der Waals surface area contributed by atoms with E-state index in [9.17, 15) is 9.59 Å². The van der Waals surface area contributed by atoms with E-state index in [2.05, 4.69) is 24.1 Å². The Morgan fingerprint density at radius 3 is 2.52 bits per heavy atom. The van der Waals surface area contributed by atoms with Gasteiger partial charge >= 0.3 is 0 Å². The van der Waals surface area contributed by atoms with Gasteiger partial charge in [-0.25, -0.2) is 4.98 Å². The fourth-order valence-corrected chi connectivity index (χ4v) is 4.41. The second-order valence-electron chi connectivity index (χ2n) is 8.32. The molecule has 9 heteroatoms. The number of fused-ring (bicyclic) bond motifs is 6. The van der Waals surface area contributed by atoms with E-state index in [0.717, 1.165) is 6.54 Å². The van der Waals surface area contributed by atoms with E-state index >= 15 is 0 Å². The fourth-order valence-electron chi connectivity index (χ4n) is 4.41. The predicted octanol–water partition coefficient (Wildman–Crippen LogP) is 2.74. The summed E-state index contributed by atoms with van der Waals surface area (Å²) in [5.41, 5.74) is 1.54. The minimum absolute atomic E-state index is 0.0503. The molecule has 2 aliphatic rings. The molecule has 0 unspecified atom stereocenters. The highest BCUT2D eigenvalue weighted by Crippen LogP contribution is 2.44. The zero-order valence-electron chi connectivity index (χ0n) is 19.0. The lowest BCUT2D eigenvalue weighted by molar-refractivity contribution is 0.104. The molecule has 0 radical (unpaired) electrons. The van der Waals surface area contributed by atoms with Crippen LogP contribution in [0, 0.1) is 0 Å². The van der Waals surface area contributed by atoms with Crippen molar-refractivity contribution in [3.8, 4) is 34.5 Å². The van der Waals surface area contributed by atoms with Crippen molar-refractivity contribution in [2.75, 3.05) is 27.6 Å². The van der Waals surface area contributed by atoms with Crippen LogP contribution in [0.3, 0.4) is 0 Å². The molecule has 1 aliphatic carbocycles. The molecule has 1 aromatic carbocycles. The summed E-state index contributed by atoms with van der Waals surface area (Å²) in [5, 5.41) is 4.27. The zero-order valence-corrected chi connectivity index (χ0v) is 19.0. The molecule has 0 amide bonds. The SMILES string of the molecule is COc1cc2c3c(n(CCCNC(C)C)c(=O)c2cc1OC)-c1nc2c(cc1C3=O)OCO2. The van der Waals surface area contributed by atoms with Gasteiger partial charge in [-0.05, 0) is 31.2 Å². The minimum atomic E-state index is -0.214. The van der Waals surface area contributed by atoms with Gasteiger partial charge in [-0.1, -0.05) is 13.8 Å². The number of methoxy groups -OCH3 is 2. The molecule has 3 aromatic rings. The molecule has 33 heavy (non-hydrogen) atoms. The Hall–Kier alpha value is -3.59. The summed E-state index contributed by atoms with van der Waals surface area (Å²) in [6.07, 6.45) is 0.706. The largest absolute Gasteiger partial charge is 0.493 e. The summed E-state index contributed by atoms with van der Waals surface area (Å²) in [6.45, 7) is 5.35. The number of carbonyl (C=O) groups excluding carboxylic acids is 1. The van der Waals surface area contributed by atoms with Crippen LogP contribution in [-0.4, -0.2) is 48.9 Å². The summed E-state index contributed by atoms with van der Waals surface area (Å²) in [5.74, 6) is 1.40. The van der Waals surface area contributed by atoms with Gasteiger partial charge in [0.1, 0.15) is 5.69 Å². The van der Waals surface area contributed by atoms with E-state index in [1.54, 1.807) is 22.8 Å². The highest BCUT2D eigenvalue weighted by molar-refractivity contribution is 6.26. The lowest BCUT2D eigenvalue weighted by Crippen LogP contribution is -2.28. The summed E-state index contributed by atoms with van der Waals surface area (Å²) in [4.78, 5) is 31.9. The van der Waals surface area contributed by atoms with Gasteiger partial charge in [-0.15, -0.1) is 0 Å². The number of pyridine rings is 2.